The molecule has 38 heavy (non-hydrogen) atoms. The van der Waals surface area contributed by atoms with Gasteiger partial charge in [0.05, 0.1) is 10.7 Å². The van der Waals surface area contributed by atoms with Crippen LogP contribution in [0.4, 0.5) is 5.82 Å². The third-order valence-electron chi connectivity index (χ3n) is 7.77. The summed E-state index contributed by atoms with van der Waals surface area (Å²) in [5.41, 5.74) is 1.14. The average molecular weight is 534 g/mol. The van der Waals surface area contributed by atoms with Crippen molar-refractivity contribution in [3.05, 3.63) is 57.6 Å². The number of halogens is 1. The Bertz CT molecular complexity index is 1570. The summed E-state index contributed by atoms with van der Waals surface area (Å²) in [5.74, 6) is 1.19. The molecule has 2 aliphatic heterocycles. The molecule has 2 unspecified atom stereocenters. The zero-order valence-corrected chi connectivity index (χ0v) is 22.7. The second-order valence-corrected chi connectivity index (χ2v) is 10.7. The number of benzene rings is 2. The summed E-state index contributed by atoms with van der Waals surface area (Å²) in [6.45, 7) is 7.90. The van der Waals surface area contributed by atoms with E-state index in [1.807, 2.05) is 43.3 Å². The smallest absolute Gasteiger partial charge is 0.319 e. The highest BCUT2D eigenvalue weighted by Crippen LogP contribution is 2.31. The van der Waals surface area contributed by atoms with E-state index in [9.17, 15) is 4.79 Å². The maximum Gasteiger partial charge on any atom is 0.319 e. The number of nitrogens with one attached hydrogen (secondary N) is 1. The van der Waals surface area contributed by atoms with Crippen molar-refractivity contribution in [1.82, 2.24) is 29.7 Å². The van der Waals surface area contributed by atoms with E-state index in [1.165, 1.54) is 0 Å². The van der Waals surface area contributed by atoms with Crippen LogP contribution in [0.2, 0.25) is 5.02 Å². The molecule has 2 aliphatic rings. The standard InChI is InChI=1S/C28H32ClN7O2/c1-17-15-30-12-14-35(17)26-24-25(32-28(33-26)38-16-20-9-6-13-34(20)3)27(37)36(18(2)31-24)22-11-5-8-19-7-4-10-21(29)23(19)22/h4-5,7-8,10-11,17,20,30H,6,9,12-16H2,1-3H3. The van der Waals surface area contributed by atoms with E-state index >= 15 is 0 Å². The van der Waals surface area contributed by atoms with Crippen molar-refractivity contribution < 1.29 is 4.74 Å². The predicted octanol–water partition coefficient (Wildman–Crippen LogP) is 3.56. The molecule has 0 bridgehead atoms. The van der Waals surface area contributed by atoms with Crippen molar-refractivity contribution in [2.45, 2.75) is 38.8 Å². The molecule has 0 spiro atoms. The lowest BCUT2D eigenvalue weighted by atomic mass is 10.1. The normalized spacial score (nSPS) is 20.5. The van der Waals surface area contributed by atoms with Crippen LogP contribution < -0.4 is 20.5 Å². The molecule has 6 rings (SSSR count). The van der Waals surface area contributed by atoms with Crippen molar-refractivity contribution in [1.29, 1.82) is 0 Å². The van der Waals surface area contributed by atoms with E-state index in [0.717, 1.165) is 49.8 Å². The van der Waals surface area contributed by atoms with Gasteiger partial charge in [-0.1, -0.05) is 35.9 Å². The number of likely N-dealkylation sites (N-methyl/N-ethyl adjacent to an activating group) is 1. The first kappa shape index (κ1) is 25.0. The third kappa shape index (κ3) is 4.38. The number of anilines is 1. The molecule has 1 N–H and O–H groups in total. The number of aryl methyl sites for hydroxylation is 1. The van der Waals surface area contributed by atoms with Gasteiger partial charge in [0, 0.05) is 37.1 Å². The highest BCUT2D eigenvalue weighted by molar-refractivity contribution is 6.36. The van der Waals surface area contributed by atoms with E-state index in [4.69, 9.17) is 26.3 Å². The predicted molar refractivity (Wildman–Crippen MR) is 151 cm³/mol. The van der Waals surface area contributed by atoms with Crippen LogP contribution in [0.25, 0.3) is 27.5 Å². The Morgan fingerprint density at radius 3 is 2.68 bits per heavy atom. The average Bonchev–Trinajstić information content (AvgIpc) is 3.32. The maximum atomic E-state index is 14.2. The zero-order valence-electron chi connectivity index (χ0n) is 21.9. The van der Waals surface area contributed by atoms with Crippen LogP contribution in [-0.2, 0) is 0 Å². The van der Waals surface area contributed by atoms with E-state index in [1.54, 1.807) is 4.57 Å². The van der Waals surface area contributed by atoms with Crippen molar-refractivity contribution >= 4 is 39.2 Å². The molecule has 0 amide bonds. The number of hydrogen-bond acceptors (Lipinski definition) is 8. The summed E-state index contributed by atoms with van der Waals surface area (Å²) in [5, 5.41) is 5.74. The number of hydrogen-bond donors (Lipinski definition) is 1. The fraction of sp³-hybridized carbons (Fsp3) is 0.429. The van der Waals surface area contributed by atoms with Gasteiger partial charge in [-0.2, -0.15) is 9.97 Å². The first-order valence-corrected chi connectivity index (χ1v) is 13.6. The van der Waals surface area contributed by atoms with Crippen LogP contribution in [0.15, 0.2) is 41.2 Å². The third-order valence-corrected chi connectivity index (χ3v) is 8.09. The molecular formula is C28H32ClN7O2. The van der Waals surface area contributed by atoms with Crippen LogP contribution >= 0.6 is 11.6 Å². The molecule has 198 valence electrons. The Labute approximate surface area is 226 Å². The molecule has 0 radical (unpaired) electrons. The quantitative estimate of drug-likeness (QED) is 0.416. The lowest BCUT2D eigenvalue weighted by molar-refractivity contribution is 0.188. The molecular weight excluding hydrogens is 502 g/mol. The fourth-order valence-corrected chi connectivity index (χ4v) is 5.95. The summed E-state index contributed by atoms with van der Waals surface area (Å²) >= 11 is 6.62. The molecule has 9 nitrogen and oxygen atoms in total. The minimum atomic E-state index is -0.269. The molecule has 2 atom stereocenters. The van der Waals surface area contributed by atoms with Gasteiger partial charge >= 0.3 is 6.01 Å². The first-order chi connectivity index (χ1) is 18.4. The highest BCUT2D eigenvalue weighted by atomic mass is 35.5. The Morgan fingerprint density at radius 2 is 1.92 bits per heavy atom. The van der Waals surface area contributed by atoms with Crippen molar-refractivity contribution in [2.75, 3.05) is 44.7 Å². The van der Waals surface area contributed by atoms with Gasteiger partial charge in [0.1, 0.15) is 17.9 Å². The summed E-state index contributed by atoms with van der Waals surface area (Å²) in [6, 6.07) is 12.2. The second kappa shape index (κ2) is 10.1. The largest absolute Gasteiger partial charge is 0.462 e. The van der Waals surface area contributed by atoms with Gasteiger partial charge in [-0.15, -0.1) is 0 Å². The number of rotatable bonds is 5. The van der Waals surface area contributed by atoms with Gasteiger partial charge in [-0.05, 0) is 57.8 Å². The number of aromatic nitrogens is 4. The summed E-state index contributed by atoms with van der Waals surface area (Å²) in [7, 11) is 2.11. The number of fused-ring (bicyclic) bond motifs is 2. The Hall–Kier alpha value is -3.27. The first-order valence-electron chi connectivity index (χ1n) is 13.2. The van der Waals surface area contributed by atoms with Crippen LogP contribution in [0, 0.1) is 6.92 Å². The van der Waals surface area contributed by atoms with Crippen molar-refractivity contribution in [2.24, 2.45) is 0 Å². The minimum absolute atomic E-state index is 0.178. The Balaban J connectivity index is 1.54. The molecule has 2 fully saturated rings. The van der Waals surface area contributed by atoms with E-state index in [0.29, 0.717) is 40.5 Å². The summed E-state index contributed by atoms with van der Waals surface area (Å²) in [6.07, 6.45) is 2.22. The molecule has 2 aromatic carbocycles. The zero-order chi connectivity index (χ0) is 26.4. The van der Waals surface area contributed by atoms with Gasteiger partial charge in [0.15, 0.2) is 11.3 Å². The van der Waals surface area contributed by atoms with Gasteiger partial charge in [0.2, 0.25) is 0 Å². The van der Waals surface area contributed by atoms with Crippen molar-refractivity contribution in [3.8, 4) is 11.7 Å². The van der Waals surface area contributed by atoms with E-state index in [2.05, 4.69) is 34.1 Å². The minimum Gasteiger partial charge on any atom is -0.462 e. The number of ether oxygens (including phenoxy) is 1. The van der Waals surface area contributed by atoms with Crippen LogP contribution in [0.3, 0.4) is 0 Å². The topological polar surface area (TPSA) is 88.4 Å². The number of piperazine rings is 1. The molecule has 10 heteroatoms. The molecule has 4 aromatic rings. The molecule has 0 saturated carbocycles. The monoisotopic (exact) mass is 533 g/mol. The lowest BCUT2D eigenvalue weighted by Crippen LogP contribution is -2.50. The number of likely N-dealkylation sites (tertiary alicyclic amines) is 1. The van der Waals surface area contributed by atoms with Gasteiger partial charge < -0.3 is 19.9 Å². The van der Waals surface area contributed by atoms with Crippen LogP contribution in [0.1, 0.15) is 25.6 Å². The van der Waals surface area contributed by atoms with Gasteiger partial charge in [0.25, 0.3) is 5.56 Å². The van der Waals surface area contributed by atoms with Crippen molar-refractivity contribution in [3.63, 3.8) is 0 Å². The summed E-state index contributed by atoms with van der Waals surface area (Å²) < 4.78 is 7.75. The maximum absolute atomic E-state index is 14.2. The fourth-order valence-electron chi connectivity index (χ4n) is 5.67. The van der Waals surface area contributed by atoms with Crippen LogP contribution in [-0.4, -0.2) is 76.3 Å². The summed E-state index contributed by atoms with van der Waals surface area (Å²) in [4.78, 5) is 33.1. The Kier molecular flexibility index (Phi) is 6.67. The molecule has 2 aromatic heterocycles. The molecule has 4 heterocycles. The van der Waals surface area contributed by atoms with E-state index in [-0.39, 0.29) is 23.1 Å². The second-order valence-electron chi connectivity index (χ2n) is 10.3. The van der Waals surface area contributed by atoms with Crippen LogP contribution in [0.5, 0.6) is 6.01 Å². The number of nitrogens with zero attached hydrogens (tertiary/aromatic N) is 6. The van der Waals surface area contributed by atoms with E-state index < -0.39 is 0 Å². The molecule has 2 saturated heterocycles. The lowest BCUT2D eigenvalue weighted by Gasteiger charge is -2.35. The molecule has 0 aliphatic carbocycles. The van der Waals surface area contributed by atoms with Gasteiger partial charge in [-0.25, -0.2) is 4.98 Å². The highest BCUT2D eigenvalue weighted by Gasteiger charge is 2.27. The van der Waals surface area contributed by atoms with Gasteiger partial charge in [-0.3, -0.25) is 9.36 Å². The Morgan fingerprint density at radius 1 is 1.11 bits per heavy atom. The SMILES string of the molecule is Cc1nc2c(N3CCNCC3C)nc(OCC3CCCN3C)nc2c(=O)n1-c1cccc2cccc(Cl)c12.